The van der Waals surface area contributed by atoms with E-state index < -0.39 is 26.5 Å². The Morgan fingerprint density at radius 1 is 0.356 bits per heavy atom. The van der Waals surface area contributed by atoms with Crippen molar-refractivity contribution in [2.24, 2.45) is 5.73 Å². The lowest BCUT2D eigenvalue weighted by molar-refractivity contribution is -0.161. The average molecular weight is 1230 g/mol. The topological polar surface area (TPSA) is 134 Å². The summed E-state index contributed by atoms with van der Waals surface area (Å²) in [5, 5.41) is 0. The maximum atomic E-state index is 12.8. The van der Waals surface area contributed by atoms with Crippen molar-refractivity contribution in [1.82, 2.24) is 0 Å². The molecule has 0 bridgehead atoms. The minimum Gasteiger partial charge on any atom is -0.462 e. The predicted molar refractivity (Wildman–Crippen MR) is 376 cm³/mol. The first-order valence-electron chi connectivity index (χ1n) is 35.7. The van der Waals surface area contributed by atoms with Gasteiger partial charge in [-0.25, -0.2) is 4.57 Å². The second kappa shape index (κ2) is 71.2. The van der Waals surface area contributed by atoms with Gasteiger partial charge in [-0.3, -0.25) is 18.6 Å². The number of ether oxygens (including phenoxy) is 2. The Morgan fingerprint density at radius 3 is 0.954 bits per heavy atom. The molecule has 0 fully saturated rings. The molecule has 0 aliphatic heterocycles. The van der Waals surface area contributed by atoms with Crippen molar-refractivity contribution in [3.63, 3.8) is 0 Å². The Bertz CT molecular complexity index is 1890. The van der Waals surface area contributed by atoms with Gasteiger partial charge in [-0.15, -0.1) is 0 Å². The van der Waals surface area contributed by atoms with E-state index in [2.05, 4.69) is 148 Å². The van der Waals surface area contributed by atoms with Crippen LogP contribution in [0.3, 0.4) is 0 Å². The van der Waals surface area contributed by atoms with E-state index in [4.69, 9.17) is 24.3 Å². The van der Waals surface area contributed by atoms with E-state index in [1.165, 1.54) is 173 Å². The lowest BCUT2D eigenvalue weighted by Crippen LogP contribution is -2.29. The van der Waals surface area contributed by atoms with Crippen LogP contribution in [-0.4, -0.2) is 49.3 Å². The lowest BCUT2D eigenvalue weighted by Gasteiger charge is -2.19. The van der Waals surface area contributed by atoms with Crippen molar-refractivity contribution in [3.05, 3.63) is 134 Å². The largest absolute Gasteiger partial charge is 0.472 e. The number of nitrogens with two attached hydrogens (primary N) is 1. The standard InChI is InChI=1S/C77H132NO8P/c1-3-5-7-9-11-13-15-17-19-21-23-25-27-29-31-33-35-36-37-38-40-41-43-45-47-49-51-53-55-57-59-61-63-65-67-69-76(79)83-73-75(74-85-87(81,82)84-72-71-78)86-77(80)70-68-66-64-62-60-58-56-54-52-50-48-46-44-42-39-34-32-30-28-26-24-22-20-18-16-14-12-10-8-6-4-2/h6,8,12,14-15,17-18,20-21,23-24,26,30,32,39,42,46,48,52,54,58,60,75H,3-5,7,9-11,13,16,19,22,25,27-29,31,33-38,40-41,43-45,47,49-51,53,55-57,59,61-74,78H2,1-2H3,(H,81,82)/b8-6-,14-12-,17-15-,20-18-,23-21-,26-24-,32-30-,42-39-,48-46-,54-52-,60-58-. The zero-order chi connectivity index (χ0) is 63.0. The average Bonchev–Trinajstić information content (AvgIpc) is 3.66. The van der Waals surface area contributed by atoms with Crippen LogP contribution in [0, 0.1) is 0 Å². The molecule has 0 radical (unpaired) electrons. The number of esters is 2. The summed E-state index contributed by atoms with van der Waals surface area (Å²) in [7, 11) is -4.41. The van der Waals surface area contributed by atoms with Crippen LogP contribution in [-0.2, 0) is 32.7 Å². The molecule has 0 saturated heterocycles. The van der Waals surface area contributed by atoms with Crippen LogP contribution in [0.5, 0.6) is 0 Å². The minimum absolute atomic E-state index is 0.0419. The van der Waals surface area contributed by atoms with E-state index in [1.807, 2.05) is 0 Å². The van der Waals surface area contributed by atoms with Crippen molar-refractivity contribution in [3.8, 4) is 0 Å². The highest BCUT2D eigenvalue weighted by Crippen LogP contribution is 2.43. The zero-order valence-corrected chi connectivity index (χ0v) is 56.9. The second-order valence-electron chi connectivity index (χ2n) is 23.4. The van der Waals surface area contributed by atoms with E-state index in [-0.39, 0.29) is 38.6 Å². The van der Waals surface area contributed by atoms with Crippen molar-refractivity contribution in [2.75, 3.05) is 26.4 Å². The van der Waals surface area contributed by atoms with E-state index in [0.717, 1.165) is 103 Å². The maximum absolute atomic E-state index is 12.8. The van der Waals surface area contributed by atoms with Gasteiger partial charge in [0.15, 0.2) is 6.10 Å². The van der Waals surface area contributed by atoms with Gasteiger partial charge in [-0.2, -0.15) is 0 Å². The number of hydrogen-bond acceptors (Lipinski definition) is 8. The van der Waals surface area contributed by atoms with Gasteiger partial charge in [0.1, 0.15) is 6.61 Å². The normalized spacial score (nSPS) is 13.7. The Labute approximate surface area is 535 Å². The molecule has 0 spiro atoms. The molecule has 0 heterocycles. The molecule has 10 heteroatoms. The summed E-state index contributed by atoms with van der Waals surface area (Å²) in [6.45, 7) is 3.60. The molecule has 2 unspecified atom stereocenters. The fourth-order valence-electron chi connectivity index (χ4n) is 9.78. The third kappa shape index (κ3) is 71.1. The van der Waals surface area contributed by atoms with Crippen LogP contribution in [0.1, 0.15) is 309 Å². The minimum atomic E-state index is -4.41. The molecule has 0 aliphatic rings. The molecule has 0 aliphatic carbocycles. The quantitative estimate of drug-likeness (QED) is 0.0264. The van der Waals surface area contributed by atoms with Crippen LogP contribution in [0.25, 0.3) is 0 Å². The lowest BCUT2D eigenvalue weighted by atomic mass is 10.0. The van der Waals surface area contributed by atoms with E-state index in [1.54, 1.807) is 0 Å². The summed E-state index contributed by atoms with van der Waals surface area (Å²) in [6, 6.07) is 0. The SMILES string of the molecule is CC/C=C\C/C=C\C/C=C\C/C=C\C/C=C\C/C=C\C/C=C\C/C=C\C/C=C\CCCCCC(=O)OC(COC(=O)CCCCCCCCCCCCCCCCCCCCCCCCC/C=C\C/C=C\CCCCCCC)COP(=O)(O)OCCN. The first-order chi connectivity index (χ1) is 42.8. The van der Waals surface area contributed by atoms with Gasteiger partial charge in [0.05, 0.1) is 13.2 Å². The molecule has 0 aromatic heterocycles. The molecule has 498 valence electrons. The van der Waals surface area contributed by atoms with Crippen LogP contribution in [0.2, 0.25) is 0 Å². The van der Waals surface area contributed by atoms with E-state index in [0.29, 0.717) is 6.42 Å². The van der Waals surface area contributed by atoms with Crippen molar-refractivity contribution >= 4 is 19.8 Å². The second-order valence-corrected chi connectivity index (χ2v) is 24.8. The van der Waals surface area contributed by atoms with E-state index >= 15 is 0 Å². The molecule has 0 amide bonds. The van der Waals surface area contributed by atoms with Gasteiger partial charge < -0.3 is 20.1 Å². The molecule has 0 rings (SSSR count). The summed E-state index contributed by atoms with van der Waals surface area (Å²) in [5.41, 5.74) is 5.40. The molecule has 2 atom stereocenters. The van der Waals surface area contributed by atoms with Crippen LogP contribution in [0.4, 0.5) is 0 Å². The van der Waals surface area contributed by atoms with Crippen molar-refractivity contribution in [2.45, 2.75) is 315 Å². The smallest absolute Gasteiger partial charge is 0.462 e. The Kier molecular flexibility index (Phi) is 68.1. The Balaban J connectivity index is 3.94. The van der Waals surface area contributed by atoms with Gasteiger partial charge in [0.2, 0.25) is 0 Å². The monoisotopic (exact) mass is 1230 g/mol. The van der Waals surface area contributed by atoms with Gasteiger partial charge in [-0.1, -0.05) is 314 Å². The Morgan fingerprint density at radius 2 is 0.632 bits per heavy atom. The molecular weight excluding hydrogens is 1100 g/mol. The molecule has 0 saturated carbocycles. The van der Waals surface area contributed by atoms with E-state index in [9.17, 15) is 19.0 Å². The third-order valence-corrected chi connectivity index (χ3v) is 16.0. The number of unbranched alkanes of at least 4 members (excludes halogenated alkanes) is 31. The van der Waals surface area contributed by atoms with Crippen LogP contribution < -0.4 is 5.73 Å². The summed E-state index contributed by atoms with van der Waals surface area (Å²) < 4.78 is 33.1. The summed E-state index contributed by atoms with van der Waals surface area (Å²) in [6.07, 6.45) is 101. The van der Waals surface area contributed by atoms with Crippen LogP contribution in [0.15, 0.2) is 134 Å². The summed E-state index contributed by atoms with van der Waals surface area (Å²) in [4.78, 5) is 35.4. The van der Waals surface area contributed by atoms with Gasteiger partial charge >= 0.3 is 19.8 Å². The summed E-state index contributed by atoms with van der Waals surface area (Å²) in [5.74, 6) is -0.865. The number of carbonyl (C=O) groups is 2. The van der Waals surface area contributed by atoms with Crippen molar-refractivity contribution in [1.29, 1.82) is 0 Å². The molecule has 3 N–H and O–H groups in total. The van der Waals surface area contributed by atoms with Gasteiger partial charge in [-0.05, 0) is 116 Å². The highest BCUT2D eigenvalue weighted by Gasteiger charge is 2.26. The maximum Gasteiger partial charge on any atom is 0.472 e. The summed E-state index contributed by atoms with van der Waals surface area (Å²) >= 11 is 0. The first-order valence-corrected chi connectivity index (χ1v) is 37.2. The Hall–Kier alpha value is -3.85. The molecule has 9 nitrogen and oxygen atoms in total. The fourth-order valence-corrected chi connectivity index (χ4v) is 10.5. The number of phosphoric acid groups is 1. The molecular formula is C77H132NO8P. The number of allylic oxidation sites excluding steroid dienone is 22. The van der Waals surface area contributed by atoms with Crippen LogP contribution >= 0.6 is 7.82 Å². The highest BCUT2D eigenvalue weighted by molar-refractivity contribution is 7.47. The number of phosphoric ester groups is 1. The number of hydrogen-bond donors (Lipinski definition) is 2. The third-order valence-electron chi connectivity index (χ3n) is 15.0. The predicted octanol–water partition coefficient (Wildman–Crippen LogP) is 23.6. The first kappa shape index (κ1) is 83.2. The van der Waals surface area contributed by atoms with Gasteiger partial charge in [0.25, 0.3) is 0 Å². The van der Waals surface area contributed by atoms with Gasteiger partial charge in [0, 0.05) is 19.4 Å². The molecule has 0 aromatic rings. The highest BCUT2D eigenvalue weighted by atomic mass is 31.2. The molecule has 0 aromatic carbocycles. The number of carbonyl (C=O) groups excluding carboxylic acids is 2. The fraction of sp³-hybridized carbons (Fsp3) is 0.688. The molecule has 87 heavy (non-hydrogen) atoms. The number of rotatable bonds is 66. The van der Waals surface area contributed by atoms with Crippen molar-refractivity contribution < 1.29 is 37.6 Å². The zero-order valence-electron chi connectivity index (χ0n) is 56.0.